The second-order valence-electron chi connectivity index (χ2n) is 5.68. The summed E-state index contributed by atoms with van der Waals surface area (Å²) in [5.74, 6) is -1.86. The molecular formula is C13H23NO4. The summed E-state index contributed by atoms with van der Waals surface area (Å²) in [6.45, 7) is 5.89. The fourth-order valence-electron chi connectivity index (χ4n) is 2.43. The minimum absolute atomic E-state index is 0.0723. The van der Waals surface area contributed by atoms with E-state index in [4.69, 9.17) is 5.11 Å². The van der Waals surface area contributed by atoms with Crippen molar-refractivity contribution in [3.63, 3.8) is 0 Å². The zero-order valence-corrected chi connectivity index (χ0v) is 11.2. The average Bonchev–Trinajstić information content (AvgIpc) is 2.67. The summed E-state index contributed by atoms with van der Waals surface area (Å²) in [6.07, 6.45) is 0.580. The van der Waals surface area contributed by atoms with Crippen molar-refractivity contribution >= 4 is 11.9 Å². The molecule has 18 heavy (non-hydrogen) atoms. The maximum Gasteiger partial charge on any atom is 0.307 e. The standard InChI is InChI=1S/C13H23NO4/c1-7(2)11(15)6-14-12(16)9-4-8(3)5-10(9)13(17)18/h7-11,15H,4-6H2,1-3H3,(H,14,16)(H,17,18). The van der Waals surface area contributed by atoms with Gasteiger partial charge in [-0.1, -0.05) is 20.8 Å². The topological polar surface area (TPSA) is 86.6 Å². The molecule has 0 aromatic heterocycles. The first-order chi connectivity index (χ1) is 8.32. The van der Waals surface area contributed by atoms with Crippen LogP contribution < -0.4 is 5.32 Å². The van der Waals surface area contributed by atoms with Crippen LogP contribution >= 0.6 is 0 Å². The Kier molecular flexibility index (Phi) is 5.14. The van der Waals surface area contributed by atoms with Crippen LogP contribution in [-0.2, 0) is 9.59 Å². The third-order valence-electron chi connectivity index (χ3n) is 3.71. The van der Waals surface area contributed by atoms with E-state index in [2.05, 4.69) is 5.32 Å². The molecule has 4 unspecified atom stereocenters. The fraction of sp³-hybridized carbons (Fsp3) is 0.846. The molecule has 0 spiro atoms. The van der Waals surface area contributed by atoms with Crippen molar-refractivity contribution in [2.24, 2.45) is 23.7 Å². The van der Waals surface area contributed by atoms with Gasteiger partial charge in [-0.25, -0.2) is 0 Å². The highest BCUT2D eigenvalue weighted by atomic mass is 16.4. The fourth-order valence-corrected chi connectivity index (χ4v) is 2.43. The highest BCUT2D eigenvalue weighted by Gasteiger charge is 2.41. The van der Waals surface area contributed by atoms with Crippen molar-refractivity contribution in [3.05, 3.63) is 0 Å². The number of aliphatic carboxylic acids is 1. The second kappa shape index (κ2) is 6.18. The molecule has 4 atom stereocenters. The van der Waals surface area contributed by atoms with E-state index in [0.29, 0.717) is 12.8 Å². The van der Waals surface area contributed by atoms with E-state index in [0.717, 1.165) is 0 Å². The summed E-state index contributed by atoms with van der Waals surface area (Å²) in [5.41, 5.74) is 0. The summed E-state index contributed by atoms with van der Waals surface area (Å²) < 4.78 is 0. The number of aliphatic hydroxyl groups excluding tert-OH is 1. The van der Waals surface area contributed by atoms with E-state index >= 15 is 0 Å². The normalized spacial score (nSPS) is 29.3. The van der Waals surface area contributed by atoms with Gasteiger partial charge in [0.25, 0.3) is 0 Å². The van der Waals surface area contributed by atoms with Crippen LogP contribution in [0.3, 0.4) is 0 Å². The van der Waals surface area contributed by atoms with Crippen LogP contribution in [-0.4, -0.2) is 34.7 Å². The van der Waals surface area contributed by atoms with Crippen LogP contribution in [0.25, 0.3) is 0 Å². The first kappa shape index (κ1) is 15.0. The maximum atomic E-state index is 11.9. The number of carboxylic acids is 1. The first-order valence-electron chi connectivity index (χ1n) is 6.51. The Balaban J connectivity index is 2.52. The van der Waals surface area contributed by atoms with Crippen LogP contribution in [0.15, 0.2) is 0 Å². The van der Waals surface area contributed by atoms with Crippen molar-refractivity contribution in [1.29, 1.82) is 0 Å². The lowest BCUT2D eigenvalue weighted by atomic mass is 9.95. The minimum Gasteiger partial charge on any atom is -0.481 e. The summed E-state index contributed by atoms with van der Waals surface area (Å²) in [5, 5.41) is 21.4. The third-order valence-corrected chi connectivity index (χ3v) is 3.71. The van der Waals surface area contributed by atoms with Crippen molar-refractivity contribution in [2.75, 3.05) is 6.54 Å². The summed E-state index contributed by atoms with van der Waals surface area (Å²) in [7, 11) is 0. The lowest BCUT2D eigenvalue weighted by molar-refractivity contribution is -0.146. The van der Waals surface area contributed by atoms with E-state index in [9.17, 15) is 14.7 Å². The van der Waals surface area contributed by atoms with Crippen LogP contribution in [0.2, 0.25) is 0 Å². The van der Waals surface area contributed by atoms with Crippen LogP contribution in [0, 0.1) is 23.7 Å². The molecule has 104 valence electrons. The van der Waals surface area contributed by atoms with Gasteiger partial charge in [0.05, 0.1) is 17.9 Å². The van der Waals surface area contributed by atoms with Gasteiger partial charge in [-0.3, -0.25) is 9.59 Å². The monoisotopic (exact) mass is 257 g/mol. The number of carbonyl (C=O) groups excluding carboxylic acids is 1. The Morgan fingerprint density at radius 2 is 1.83 bits per heavy atom. The predicted octanol–water partition coefficient (Wildman–Crippen LogP) is 0.866. The van der Waals surface area contributed by atoms with Crippen molar-refractivity contribution in [2.45, 2.75) is 39.7 Å². The molecule has 1 fully saturated rings. The Bertz CT molecular complexity index is 316. The van der Waals surface area contributed by atoms with Gasteiger partial charge in [0.15, 0.2) is 0 Å². The number of carboxylic acid groups (broad SMARTS) is 1. The average molecular weight is 257 g/mol. The lowest BCUT2D eigenvalue weighted by Crippen LogP contribution is -2.40. The molecule has 0 bridgehead atoms. The van der Waals surface area contributed by atoms with Crippen molar-refractivity contribution in [1.82, 2.24) is 5.32 Å². The highest BCUT2D eigenvalue weighted by Crippen LogP contribution is 2.36. The minimum atomic E-state index is -0.899. The molecule has 0 radical (unpaired) electrons. The lowest BCUT2D eigenvalue weighted by Gasteiger charge is -2.19. The zero-order valence-electron chi connectivity index (χ0n) is 11.2. The largest absolute Gasteiger partial charge is 0.481 e. The Morgan fingerprint density at radius 3 is 2.33 bits per heavy atom. The molecule has 1 rings (SSSR count). The number of amides is 1. The summed E-state index contributed by atoms with van der Waals surface area (Å²) in [4.78, 5) is 23.0. The molecule has 0 heterocycles. The maximum absolute atomic E-state index is 11.9. The molecule has 1 amide bonds. The smallest absolute Gasteiger partial charge is 0.307 e. The quantitative estimate of drug-likeness (QED) is 0.682. The highest BCUT2D eigenvalue weighted by molar-refractivity contribution is 5.85. The molecule has 0 aromatic rings. The van der Waals surface area contributed by atoms with Crippen molar-refractivity contribution in [3.8, 4) is 0 Å². The Hall–Kier alpha value is -1.10. The van der Waals surface area contributed by atoms with E-state index < -0.39 is 23.9 Å². The Morgan fingerprint density at radius 1 is 1.28 bits per heavy atom. The predicted molar refractivity (Wildman–Crippen MR) is 66.9 cm³/mol. The number of hydrogen-bond donors (Lipinski definition) is 3. The number of aliphatic hydroxyl groups is 1. The van der Waals surface area contributed by atoms with Gasteiger partial charge in [0, 0.05) is 6.54 Å². The van der Waals surface area contributed by atoms with Gasteiger partial charge in [-0.2, -0.15) is 0 Å². The molecule has 5 heteroatoms. The van der Waals surface area contributed by atoms with Gasteiger partial charge in [-0.15, -0.1) is 0 Å². The number of nitrogens with one attached hydrogen (secondary N) is 1. The molecule has 1 saturated carbocycles. The van der Waals surface area contributed by atoms with Gasteiger partial charge in [-0.05, 0) is 24.7 Å². The molecule has 0 aliphatic heterocycles. The molecule has 1 aliphatic rings. The van der Waals surface area contributed by atoms with Gasteiger partial charge < -0.3 is 15.5 Å². The first-order valence-corrected chi connectivity index (χ1v) is 6.51. The van der Waals surface area contributed by atoms with Crippen LogP contribution in [0.5, 0.6) is 0 Å². The molecule has 0 saturated heterocycles. The van der Waals surface area contributed by atoms with E-state index in [1.54, 1.807) is 0 Å². The summed E-state index contributed by atoms with van der Waals surface area (Å²) >= 11 is 0. The number of rotatable bonds is 5. The van der Waals surface area contributed by atoms with E-state index in [1.165, 1.54) is 0 Å². The van der Waals surface area contributed by atoms with E-state index in [-0.39, 0.29) is 24.3 Å². The molecule has 1 aliphatic carbocycles. The van der Waals surface area contributed by atoms with E-state index in [1.807, 2.05) is 20.8 Å². The van der Waals surface area contributed by atoms with Gasteiger partial charge >= 0.3 is 5.97 Å². The van der Waals surface area contributed by atoms with Crippen LogP contribution in [0.4, 0.5) is 0 Å². The molecular weight excluding hydrogens is 234 g/mol. The third kappa shape index (κ3) is 3.70. The number of hydrogen-bond acceptors (Lipinski definition) is 3. The van der Waals surface area contributed by atoms with Gasteiger partial charge in [0.2, 0.25) is 5.91 Å². The molecule has 5 nitrogen and oxygen atoms in total. The SMILES string of the molecule is CC1CC(C(=O)O)C(C(=O)NCC(O)C(C)C)C1. The summed E-state index contributed by atoms with van der Waals surface area (Å²) in [6, 6.07) is 0. The number of carbonyl (C=O) groups is 2. The van der Waals surface area contributed by atoms with Crippen LogP contribution in [0.1, 0.15) is 33.6 Å². The zero-order chi connectivity index (χ0) is 13.9. The molecule has 0 aromatic carbocycles. The van der Waals surface area contributed by atoms with Gasteiger partial charge in [0.1, 0.15) is 0 Å². The Labute approximate surface area is 108 Å². The second-order valence-corrected chi connectivity index (χ2v) is 5.68. The molecule has 3 N–H and O–H groups in total. The van der Waals surface area contributed by atoms with Crippen molar-refractivity contribution < 1.29 is 19.8 Å².